The van der Waals surface area contributed by atoms with Gasteiger partial charge in [0.05, 0.1) is 29.5 Å². The van der Waals surface area contributed by atoms with Crippen LogP contribution < -0.4 is 10.6 Å². The lowest BCUT2D eigenvalue weighted by atomic mass is 10.0. The molecule has 0 saturated heterocycles. The second-order valence-electron chi connectivity index (χ2n) is 7.93. The molecule has 2 N–H and O–H groups in total. The van der Waals surface area contributed by atoms with Gasteiger partial charge < -0.3 is 15.4 Å². The molecule has 8 heteroatoms. The Morgan fingerprint density at radius 1 is 1.45 bits per heavy atom. The molecule has 1 aliphatic heterocycles. The summed E-state index contributed by atoms with van der Waals surface area (Å²) in [4.78, 5) is 29.4. The number of hydrogen-bond acceptors (Lipinski definition) is 5. The number of aryl methyl sites for hydroxylation is 1. The smallest absolute Gasteiger partial charge is 0.408 e. The number of pyridine rings is 1. The van der Waals surface area contributed by atoms with E-state index in [1.54, 1.807) is 45.9 Å². The van der Waals surface area contributed by atoms with Crippen molar-refractivity contribution in [2.24, 2.45) is 12.9 Å². The average molecular weight is 400 g/mol. The number of nitrogens with zero attached hydrogens (tertiary/aromatic N) is 3. The predicted octanol–water partition coefficient (Wildman–Crippen LogP) is 3.58. The van der Waals surface area contributed by atoms with Gasteiger partial charge in [-0.15, -0.1) is 0 Å². The average Bonchev–Trinajstić information content (AvgIpc) is 3.09. The van der Waals surface area contributed by atoms with Crippen LogP contribution in [0.1, 0.15) is 49.8 Å². The fourth-order valence-corrected chi connectivity index (χ4v) is 2.96. The molecule has 8 nitrogen and oxygen atoms in total. The highest BCUT2D eigenvalue weighted by Crippen LogP contribution is 2.29. The van der Waals surface area contributed by atoms with Crippen LogP contribution in [0.4, 0.5) is 10.5 Å². The van der Waals surface area contributed by atoms with E-state index in [0.717, 1.165) is 4.68 Å². The van der Waals surface area contributed by atoms with Gasteiger partial charge in [-0.1, -0.05) is 19.1 Å². The topological polar surface area (TPSA) is 98.1 Å². The first-order valence-corrected chi connectivity index (χ1v) is 9.37. The minimum absolute atomic E-state index is 0.160. The summed E-state index contributed by atoms with van der Waals surface area (Å²) in [6.45, 7) is 4.47. The molecule has 29 heavy (non-hydrogen) atoms. The van der Waals surface area contributed by atoms with Crippen LogP contribution >= 0.6 is 0 Å². The van der Waals surface area contributed by atoms with E-state index in [9.17, 15) is 9.59 Å². The Morgan fingerprint density at radius 2 is 2.24 bits per heavy atom. The number of carbonyl (C=O) groups is 2. The lowest BCUT2D eigenvalue weighted by Gasteiger charge is -2.24. The number of anilines is 1. The second-order valence-corrected chi connectivity index (χ2v) is 7.93. The third-order valence-electron chi connectivity index (χ3n) is 4.36. The van der Waals surface area contributed by atoms with Crippen LogP contribution in [-0.4, -0.2) is 32.4 Å². The third kappa shape index (κ3) is 5.01. The lowest BCUT2D eigenvalue weighted by molar-refractivity contribution is -0.118. The zero-order valence-electron chi connectivity index (χ0n) is 19.9. The van der Waals surface area contributed by atoms with Crippen molar-refractivity contribution in [1.29, 1.82) is 0 Å². The Morgan fingerprint density at radius 3 is 2.97 bits per heavy atom. The highest BCUT2D eigenvalue weighted by atomic mass is 16.6. The number of ether oxygens (including phenoxy) is 1. The third-order valence-corrected chi connectivity index (χ3v) is 4.36. The maximum absolute atomic E-state index is 12.6. The summed E-state index contributed by atoms with van der Waals surface area (Å²) >= 11 is 0. The van der Waals surface area contributed by atoms with E-state index >= 15 is 0 Å². The first-order chi connectivity index (χ1) is 14.8. The SMILES string of the molecule is [2H]C([2H])([2H])n1ncc2c1-c1cc(ccn1)[C@@H](NC(=O)OC(C)(C)C)C/C=C/[C@@H](C)C(=O)N2. The van der Waals surface area contributed by atoms with Crippen LogP contribution in [0.25, 0.3) is 11.4 Å². The maximum Gasteiger partial charge on any atom is 0.408 e. The van der Waals surface area contributed by atoms with Gasteiger partial charge in [-0.25, -0.2) is 4.79 Å². The molecule has 0 aromatic carbocycles. The quantitative estimate of drug-likeness (QED) is 0.713. The van der Waals surface area contributed by atoms with E-state index in [-0.39, 0.29) is 17.3 Å². The minimum Gasteiger partial charge on any atom is -0.444 e. The van der Waals surface area contributed by atoms with E-state index in [1.807, 2.05) is 6.08 Å². The Hall–Kier alpha value is -3.16. The molecule has 0 aliphatic carbocycles. The van der Waals surface area contributed by atoms with Gasteiger partial charge in [0.15, 0.2) is 0 Å². The van der Waals surface area contributed by atoms with E-state index in [4.69, 9.17) is 8.85 Å². The van der Waals surface area contributed by atoms with Crippen LogP contribution in [0.5, 0.6) is 0 Å². The number of fused-ring (bicyclic) bond motifs is 4. The summed E-state index contributed by atoms with van der Waals surface area (Å²) in [5.41, 5.74) is 0.748. The standard InChI is InChI=1S/C21H27N5O3/c1-13-7-6-8-15(25-20(28)29-21(2,3)4)14-9-10-22-16(11-14)18-17(24-19(13)27)12-23-26(18)5/h6-7,9-13,15H,8H2,1-5H3,(H,24,27)(H,25,28)/b7-6+/t13-,15+/m1/s1/i5D3. The van der Waals surface area contributed by atoms with Gasteiger partial charge in [0.1, 0.15) is 11.3 Å². The predicted molar refractivity (Wildman–Crippen MR) is 110 cm³/mol. The fraction of sp³-hybridized carbons (Fsp3) is 0.429. The normalized spacial score (nSPS) is 22.5. The van der Waals surface area contributed by atoms with E-state index in [2.05, 4.69) is 20.7 Å². The molecule has 2 amide bonds. The van der Waals surface area contributed by atoms with Gasteiger partial charge in [-0.3, -0.25) is 14.5 Å². The molecule has 2 atom stereocenters. The van der Waals surface area contributed by atoms with E-state index in [0.29, 0.717) is 17.7 Å². The second kappa shape index (κ2) is 8.06. The Labute approximate surface area is 174 Å². The first-order valence-electron chi connectivity index (χ1n) is 10.9. The maximum atomic E-state index is 12.6. The summed E-state index contributed by atoms with van der Waals surface area (Å²) in [6.07, 6.45) is 6.19. The molecule has 0 spiro atoms. The van der Waals surface area contributed by atoms with Gasteiger partial charge in [-0.05, 0) is 44.9 Å². The summed E-state index contributed by atoms with van der Waals surface area (Å²) in [5.74, 6) is -0.812. The molecular weight excluding hydrogens is 370 g/mol. The molecule has 1 aliphatic rings. The van der Waals surface area contributed by atoms with Crippen molar-refractivity contribution in [3.05, 3.63) is 42.2 Å². The molecule has 2 aromatic heterocycles. The molecule has 3 rings (SSSR count). The van der Waals surface area contributed by atoms with Gasteiger partial charge in [-0.2, -0.15) is 5.10 Å². The number of aromatic nitrogens is 3. The highest BCUT2D eigenvalue weighted by Gasteiger charge is 2.23. The molecule has 2 aromatic rings. The first kappa shape index (κ1) is 16.8. The van der Waals surface area contributed by atoms with Gasteiger partial charge >= 0.3 is 6.09 Å². The Kier molecular flexibility index (Phi) is 4.66. The summed E-state index contributed by atoms with van der Waals surface area (Å²) < 4.78 is 29.7. The zero-order valence-corrected chi connectivity index (χ0v) is 16.9. The van der Waals surface area contributed by atoms with Crippen LogP contribution in [0, 0.1) is 5.92 Å². The van der Waals surface area contributed by atoms with Crippen molar-refractivity contribution in [2.45, 2.75) is 45.8 Å². The summed E-state index contributed by atoms with van der Waals surface area (Å²) in [5, 5.41) is 9.57. The van der Waals surface area contributed by atoms with E-state index in [1.165, 1.54) is 12.4 Å². The monoisotopic (exact) mass is 400 g/mol. The molecule has 0 unspecified atom stereocenters. The molecule has 2 bridgehead atoms. The number of alkyl carbamates (subject to hydrolysis) is 1. The Balaban J connectivity index is 2.10. The van der Waals surface area contributed by atoms with Crippen molar-refractivity contribution in [1.82, 2.24) is 20.1 Å². The van der Waals surface area contributed by atoms with Crippen molar-refractivity contribution >= 4 is 17.7 Å². The molecule has 0 radical (unpaired) electrons. The molecule has 3 heterocycles. The molecule has 0 saturated carbocycles. The number of nitrogens with one attached hydrogen (secondary N) is 2. The van der Waals surface area contributed by atoms with Crippen LogP contribution in [0.3, 0.4) is 0 Å². The zero-order chi connectivity index (χ0) is 23.7. The molecular formula is C21H27N5O3. The number of hydrogen-bond donors (Lipinski definition) is 2. The number of carbonyl (C=O) groups excluding carboxylic acids is 2. The van der Waals surface area contributed by atoms with Gasteiger partial charge in [0.2, 0.25) is 5.91 Å². The van der Waals surface area contributed by atoms with Crippen LogP contribution in [-0.2, 0) is 16.5 Å². The minimum atomic E-state index is -2.58. The van der Waals surface area contributed by atoms with Crippen molar-refractivity contribution in [2.75, 3.05) is 5.32 Å². The van der Waals surface area contributed by atoms with Gasteiger partial charge in [0.25, 0.3) is 0 Å². The summed E-state index contributed by atoms with van der Waals surface area (Å²) in [6, 6.07) is 2.93. The van der Waals surface area contributed by atoms with Crippen LogP contribution in [0.15, 0.2) is 36.7 Å². The molecule has 154 valence electrons. The largest absolute Gasteiger partial charge is 0.444 e. The fourth-order valence-electron chi connectivity index (χ4n) is 2.96. The lowest BCUT2D eigenvalue weighted by Crippen LogP contribution is -2.35. The molecule has 0 fully saturated rings. The Bertz CT molecular complexity index is 1040. The van der Waals surface area contributed by atoms with E-state index < -0.39 is 30.6 Å². The van der Waals surface area contributed by atoms with Crippen molar-refractivity contribution < 1.29 is 18.4 Å². The van der Waals surface area contributed by atoms with Crippen molar-refractivity contribution in [3.8, 4) is 11.4 Å². The highest BCUT2D eigenvalue weighted by molar-refractivity contribution is 5.96. The van der Waals surface area contributed by atoms with Crippen LogP contribution in [0.2, 0.25) is 0 Å². The number of rotatable bonds is 1. The van der Waals surface area contributed by atoms with Crippen molar-refractivity contribution in [3.63, 3.8) is 0 Å². The number of amides is 2. The van der Waals surface area contributed by atoms with Gasteiger partial charge in [0, 0.05) is 17.3 Å². The summed E-state index contributed by atoms with van der Waals surface area (Å²) in [7, 11) is 0.